The normalized spacial score (nSPS) is 43.0. The van der Waals surface area contributed by atoms with Crippen molar-refractivity contribution in [3.63, 3.8) is 0 Å². The van der Waals surface area contributed by atoms with E-state index in [1.54, 1.807) is 0 Å². The van der Waals surface area contributed by atoms with Gasteiger partial charge in [-0.1, -0.05) is 55.4 Å². The van der Waals surface area contributed by atoms with E-state index in [0.717, 1.165) is 76.9 Å². The minimum Gasteiger partial charge on any atom is -0.462 e. The molecule has 0 aromatic heterocycles. The lowest BCUT2D eigenvalue weighted by molar-refractivity contribution is -0.250. The van der Waals surface area contributed by atoms with Gasteiger partial charge in [-0.05, 0) is 122 Å². The van der Waals surface area contributed by atoms with Gasteiger partial charge in [0.1, 0.15) is 6.10 Å². The third-order valence-electron chi connectivity index (χ3n) is 15.2. The number of rotatable bonds is 8. The van der Waals surface area contributed by atoms with Crippen LogP contribution in [0.2, 0.25) is 0 Å². The fraction of sp³-hybridized carbons (Fsp3) is 0.919. The van der Waals surface area contributed by atoms with Gasteiger partial charge in [-0.2, -0.15) is 0 Å². The molecule has 0 aromatic rings. The van der Waals surface area contributed by atoms with E-state index >= 15 is 0 Å². The first-order valence-corrected chi connectivity index (χ1v) is 20.1. The Morgan fingerprint density at radius 3 is 2.17 bits per heavy atom. The molecule has 5 saturated carbocycles. The van der Waals surface area contributed by atoms with Crippen LogP contribution in [-0.2, 0) is 29.1 Å². The number of carbonyl (C=O) groups excluding carboxylic acids is 3. The lowest BCUT2D eigenvalue weighted by atomic mass is 9.32. The summed E-state index contributed by atoms with van der Waals surface area (Å²) in [6.07, 6.45) is 12.5. The van der Waals surface area contributed by atoms with E-state index in [0.29, 0.717) is 36.0 Å². The number of ether oxygens (including phenoxy) is 1. The van der Waals surface area contributed by atoms with Gasteiger partial charge < -0.3 is 10.1 Å². The minimum atomic E-state index is -3.68. The highest BCUT2D eigenvalue weighted by Crippen LogP contribution is 2.77. The maximum absolute atomic E-state index is 14.2. The predicted octanol–water partition coefficient (Wildman–Crippen LogP) is 6.63. The van der Waals surface area contributed by atoms with Crippen LogP contribution in [0.1, 0.15) is 132 Å². The van der Waals surface area contributed by atoms with Crippen LogP contribution < -0.4 is 10.0 Å². The molecule has 5 rings (SSSR count). The van der Waals surface area contributed by atoms with Crippen molar-refractivity contribution in [1.29, 1.82) is 0 Å². The average Bonchev–Trinajstić information content (AvgIpc) is 3.34. The Kier molecular flexibility index (Phi) is 9.34. The quantitative estimate of drug-likeness (QED) is 0.282. The molecule has 8 nitrogen and oxygen atoms in total. The third-order valence-corrected chi connectivity index (χ3v) is 15.8. The fourth-order valence-corrected chi connectivity index (χ4v) is 13.5. The molecule has 0 spiro atoms. The molecular weight excluding hydrogens is 600 g/mol. The van der Waals surface area contributed by atoms with Crippen molar-refractivity contribution in [3.05, 3.63) is 0 Å². The monoisotopic (exact) mass is 662 g/mol. The summed E-state index contributed by atoms with van der Waals surface area (Å²) in [5, 5.41) is 2.90. The fourth-order valence-electron chi connectivity index (χ4n) is 13.0. The van der Waals surface area contributed by atoms with Crippen LogP contribution in [0.25, 0.3) is 0 Å². The second-order valence-corrected chi connectivity index (χ2v) is 19.6. The second-order valence-electron chi connectivity index (χ2n) is 17.9. The Morgan fingerprint density at radius 1 is 0.848 bits per heavy atom. The van der Waals surface area contributed by atoms with Crippen molar-refractivity contribution in [2.75, 3.05) is 12.8 Å². The zero-order chi connectivity index (χ0) is 34.1. The Labute approximate surface area is 278 Å². The lowest BCUT2D eigenvalue weighted by Gasteiger charge is -2.73. The minimum absolute atomic E-state index is 0.0282. The van der Waals surface area contributed by atoms with Gasteiger partial charge in [-0.25, -0.2) is 8.42 Å². The number of esters is 1. The van der Waals surface area contributed by atoms with Crippen LogP contribution in [0.5, 0.6) is 0 Å². The van der Waals surface area contributed by atoms with E-state index in [4.69, 9.17) is 4.74 Å². The molecule has 0 unspecified atom stereocenters. The number of carbonyl (C=O) groups is 3. The van der Waals surface area contributed by atoms with E-state index in [1.807, 2.05) is 11.6 Å². The smallest absolute Gasteiger partial charge is 0.306 e. The Balaban J connectivity index is 1.42. The van der Waals surface area contributed by atoms with E-state index < -0.39 is 21.3 Å². The number of hydrogen-bond acceptors (Lipinski definition) is 6. The number of fused-ring (bicyclic) bond motifs is 7. The van der Waals surface area contributed by atoms with Crippen molar-refractivity contribution in [2.24, 2.45) is 62.6 Å². The summed E-state index contributed by atoms with van der Waals surface area (Å²) in [7, 11) is -3.68. The Bertz CT molecular complexity index is 1330. The number of sulfonamides is 1. The van der Waals surface area contributed by atoms with Crippen LogP contribution in [0.4, 0.5) is 0 Å². The first-order chi connectivity index (χ1) is 21.3. The summed E-state index contributed by atoms with van der Waals surface area (Å²) < 4.78 is 31.3. The van der Waals surface area contributed by atoms with Crippen LogP contribution >= 0.6 is 0 Å². The highest BCUT2D eigenvalue weighted by Gasteiger charge is 2.72. The van der Waals surface area contributed by atoms with Gasteiger partial charge >= 0.3 is 5.97 Å². The molecule has 5 aliphatic rings. The van der Waals surface area contributed by atoms with Crippen molar-refractivity contribution < 1.29 is 27.5 Å². The zero-order valence-electron chi connectivity index (χ0n) is 30.1. The van der Waals surface area contributed by atoms with Crippen molar-refractivity contribution in [2.45, 2.75) is 139 Å². The molecule has 46 heavy (non-hydrogen) atoms. The van der Waals surface area contributed by atoms with Crippen LogP contribution in [-0.4, -0.2) is 45.1 Å². The van der Waals surface area contributed by atoms with Crippen molar-refractivity contribution in [1.82, 2.24) is 10.0 Å². The highest BCUT2D eigenvalue weighted by molar-refractivity contribution is 7.89. The van der Waals surface area contributed by atoms with E-state index in [2.05, 4.69) is 53.8 Å². The first-order valence-electron chi connectivity index (χ1n) is 18.3. The average molecular weight is 663 g/mol. The van der Waals surface area contributed by atoms with Crippen molar-refractivity contribution >= 4 is 27.8 Å². The molecule has 262 valence electrons. The van der Waals surface area contributed by atoms with E-state index in [9.17, 15) is 22.8 Å². The van der Waals surface area contributed by atoms with Gasteiger partial charge in [0, 0.05) is 11.8 Å². The largest absolute Gasteiger partial charge is 0.462 e. The van der Waals surface area contributed by atoms with Gasteiger partial charge in [-0.15, -0.1) is 0 Å². The molecule has 0 radical (unpaired) electrons. The van der Waals surface area contributed by atoms with Gasteiger partial charge in [0.2, 0.25) is 15.9 Å². The maximum Gasteiger partial charge on any atom is 0.306 e. The lowest BCUT2D eigenvalue weighted by Crippen LogP contribution is -2.67. The standard InChI is InChI=1S/C37H62N2O6S/c1-10-11-30(41)45-28-16-17-34(6)26(33(28,4)5)15-18-36(8)27(34)13-12-25-31-24(23(2)3)14-19-37(31,21-20-35(25,36)7)32(42)38-22-29(40)39-46(9,43)44/h23-28,31H,10-22H2,1-9H3,(H,38,42)(H,39,40)/t24-,25+,26-,27+,28+,31+,34-,35+,36+,37-/m0/s1. The number of nitrogens with one attached hydrogen (secondary N) is 2. The predicted molar refractivity (Wildman–Crippen MR) is 180 cm³/mol. The molecule has 0 aliphatic heterocycles. The van der Waals surface area contributed by atoms with Crippen LogP contribution in [0.3, 0.4) is 0 Å². The van der Waals surface area contributed by atoms with Crippen LogP contribution in [0, 0.1) is 62.6 Å². The summed E-state index contributed by atoms with van der Waals surface area (Å²) in [5.74, 6) is 1.83. The van der Waals surface area contributed by atoms with Gasteiger partial charge in [0.15, 0.2) is 0 Å². The zero-order valence-corrected chi connectivity index (χ0v) is 30.9. The van der Waals surface area contributed by atoms with Gasteiger partial charge in [0.25, 0.3) is 5.91 Å². The molecule has 10 atom stereocenters. The topological polar surface area (TPSA) is 119 Å². The molecule has 0 heterocycles. The molecule has 9 heteroatoms. The maximum atomic E-state index is 14.2. The SMILES string of the molecule is CCCC(=O)O[C@@H]1CC[C@]2(C)[C@H]3CC[C@@H]4[C@H]5[C@H](C(C)C)CC[C@]5(C(=O)NCC(=O)NS(C)(=O)=O)CC[C@@]4(C)[C@]3(C)CC[C@H]2C1(C)C. The molecule has 2 N–H and O–H groups in total. The van der Waals surface area contributed by atoms with Crippen LogP contribution in [0.15, 0.2) is 0 Å². The summed E-state index contributed by atoms with van der Waals surface area (Å²) in [6.45, 7) is 18.7. The molecule has 5 aliphatic carbocycles. The summed E-state index contributed by atoms with van der Waals surface area (Å²) in [5.41, 5.74) is -0.183. The molecule has 0 aromatic carbocycles. The van der Waals surface area contributed by atoms with E-state index in [1.165, 1.54) is 0 Å². The highest BCUT2D eigenvalue weighted by atomic mass is 32.2. The summed E-state index contributed by atoms with van der Waals surface area (Å²) in [4.78, 5) is 39.1. The second kappa shape index (κ2) is 12.0. The first kappa shape index (κ1) is 35.7. The van der Waals surface area contributed by atoms with E-state index in [-0.39, 0.29) is 52.1 Å². The molecule has 2 amide bonds. The van der Waals surface area contributed by atoms with Gasteiger partial charge in [0.05, 0.1) is 18.2 Å². The Hall–Kier alpha value is -1.64. The molecular formula is C37H62N2O6S. The molecule has 0 saturated heterocycles. The number of amides is 2. The summed E-state index contributed by atoms with van der Waals surface area (Å²) in [6, 6.07) is 0. The third kappa shape index (κ3) is 5.54. The molecule has 0 bridgehead atoms. The molecule has 5 fully saturated rings. The summed E-state index contributed by atoms with van der Waals surface area (Å²) >= 11 is 0. The van der Waals surface area contributed by atoms with Gasteiger partial charge in [-0.3, -0.25) is 19.1 Å². The Morgan fingerprint density at radius 2 is 1.54 bits per heavy atom. The number of hydrogen-bond donors (Lipinski definition) is 2. The van der Waals surface area contributed by atoms with Crippen molar-refractivity contribution in [3.8, 4) is 0 Å².